The number of rotatable bonds is 4. The minimum Gasteiger partial charge on any atom is -0.507 e. The quantitative estimate of drug-likeness (QED) is 0.659. The molecule has 2 saturated heterocycles. The third-order valence-electron chi connectivity index (χ3n) is 6.24. The minimum atomic E-state index is -1.19. The van der Waals surface area contributed by atoms with Crippen molar-refractivity contribution < 1.29 is 18.6 Å². The van der Waals surface area contributed by atoms with E-state index in [9.17, 15) is 9.50 Å². The zero-order valence-electron chi connectivity index (χ0n) is 17.1. The summed E-state index contributed by atoms with van der Waals surface area (Å²) in [5.74, 6) is -0.563. The molecule has 3 aromatic rings. The number of ether oxygens (including phenoxy) is 1. The predicted molar refractivity (Wildman–Crippen MR) is 107 cm³/mol. The number of phenols is 1. The summed E-state index contributed by atoms with van der Waals surface area (Å²) in [4.78, 5) is 4.16. The number of hydrogen-bond donors (Lipinski definition) is 2. The Morgan fingerprint density at radius 1 is 1.23 bits per heavy atom. The topological polar surface area (TPSA) is 98.0 Å². The van der Waals surface area contributed by atoms with E-state index in [2.05, 4.69) is 32.5 Å². The van der Waals surface area contributed by atoms with Gasteiger partial charge in [-0.2, -0.15) is 5.10 Å². The number of alkyl halides is 1. The van der Waals surface area contributed by atoms with E-state index < -0.39 is 23.6 Å². The fourth-order valence-electron chi connectivity index (χ4n) is 4.67. The third-order valence-corrected chi connectivity index (χ3v) is 6.24. The lowest BCUT2D eigenvalue weighted by atomic mass is 9.85. The molecule has 0 saturated carbocycles. The molecular formula is C21H22F2N6O2. The molecule has 2 bridgehead atoms. The number of piperidine rings is 1. The van der Waals surface area contributed by atoms with Gasteiger partial charge in [-0.3, -0.25) is 0 Å². The van der Waals surface area contributed by atoms with Crippen LogP contribution in [0.15, 0.2) is 36.8 Å². The van der Waals surface area contributed by atoms with Crippen molar-refractivity contribution in [2.24, 2.45) is 0 Å². The monoisotopic (exact) mass is 428 g/mol. The van der Waals surface area contributed by atoms with Crippen molar-refractivity contribution in [2.75, 3.05) is 0 Å². The van der Waals surface area contributed by atoms with E-state index in [1.807, 2.05) is 6.92 Å². The molecule has 0 aliphatic carbocycles. The second-order valence-corrected chi connectivity index (χ2v) is 8.80. The highest BCUT2D eigenvalue weighted by atomic mass is 19.1. The largest absolute Gasteiger partial charge is 0.507 e. The van der Waals surface area contributed by atoms with Gasteiger partial charge in [-0.15, -0.1) is 5.10 Å². The minimum absolute atomic E-state index is 0.00646. The number of phenolic OH excluding ortho intramolecular Hbond substituents is 1. The maximum Gasteiger partial charge on any atom is 0.336 e. The lowest BCUT2D eigenvalue weighted by molar-refractivity contribution is -0.0119. The van der Waals surface area contributed by atoms with E-state index in [0.29, 0.717) is 23.4 Å². The van der Waals surface area contributed by atoms with Crippen molar-refractivity contribution in [3.63, 3.8) is 0 Å². The summed E-state index contributed by atoms with van der Waals surface area (Å²) in [7, 11) is 0. The molecule has 0 spiro atoms. The van der Waals surface area contributed by atoms with Gasteiger partial charge in [0.1, 0.15) is 17.5 Å². The summed E-state index contributed by atoms with van der Waals surface area (Å²) in [5, 5.41) is 25.7. The molecule has 31 heavy (non-hydrogen) atoms. The first-order valence-electron chi connectivity index (χ1n) is 10.1. The zero-order valence-corrected chi connectivity index (χ0v) is 17.1. The first-order chi connectivity index (χ1) is 14.7. The van der Waals surface area contributed by atoms with Crippen LogP contribution in [0.25, 0.3) is 16.9 Å². The van der Waals surface area contributed by atoms with Crippen molar-refractivity contribution in [2.45, 2.75) is 56.5 Å². The average molecular weight is 428 g/mol. The van der Waals surface area contributed by atoms with Crippen LogP contribution < -0.4 is 10.1 Å². The standard InChI is InChI=1S/C21H22F2N6O2/c1-20-5-6-21(2,28-20)18(23)17(8-20)31-19-24-10-15(26-27-19)14-4-3-13(7-16(14)30)29-11-12(22)9-25-29/h3-4,7,9-11,17-18,28,30H,5-6,8H2,1-2H3/t17-,18-,20-,21+/m0/s1. The molecule has 0 radical (unpaired) electrons. The first kappa shape index (κ1) is 19.8. The Labute approximate surface area is 177 Å². The van der Waals surface area contributed by atoms with E-state index in [1.54, 1.807) is 12.1 Å². The molecule has 0 unspecified atom stereocenters. The van der Waals surface area contributed by atoms with E-state index in [4.69, 9.17) is 4.74 Å². The van der Waals surface area contributed by atoms with Gasteiger partial charge in [-0.1, -0.05) is 5.10 Å². The molecule has 2 N–H and O–H groups in total. The van der Waals surface area contributed by atoms with Gasteiger partial charge in [0.25, 0.3) is 0 Å². The van der Waals surface area contributed by atoms with E-state index >= 15 is 4.39 Å². The molecule has 1 aromatic carbocycles. The number of nitrogens with one attached hydrogen (secondary N) is 1. The summed E-state index contributed by atoms with van der Waals surface area (Å²) in [6.45, 7) is 3.96. The number of benzene rings is 1. The molecule has 2 fully saturated rings. The molecular weight excluding hydrogens is 406 g/mol. The Balaban J connectivity index is 1.34. The van der Waals surface area contributed by atoms with Crippen LogP contribution in [0.1, 0.15) is 33.1 Å². The smallest absolute Gasteiger partial charge is 0.336 e. The van der Waals surface area contributed by atoms with Crippen LogP contribution in [-0.2, 0) is 0 Å². The van der Waals surface area contributed by atoms with Gasteiger partial charge in [-0.05, 0) is 38.8 Å². The number of nitrogens with zero attached hydrogens (tertiary/aromatic N) is 5. The van der Waals surface area contributed by atoms with Gasteiger partial charge in [-0.25, -0.2) is 18.4 Å². The fraction of sp³-hybridized carbons (Fsp3) is 0.429. The third kappa shape index (κ3) is 3.50. The van der Waals surface area contributed by atoms with Gasteiger partial charge in [0, 0.05) is 23.6 Å². The molecule has 8 nitrogen and oxygen atoms in total. The van der Waals surface area contributed by atoms with Crippen LogP contribution in [0.5, 0.6) is 11.8 Å². The van der Waals surface area contributed by atoms with Crippen molar-refractivity contribution in [3.05, 3.63) is 42.6 Å². The first-order valence-corrected chi connectivity index (χ1v) is 10.1. The van der Waals surface area contributed by atoms with E-state index in [1.165, 1.54) is 23.1 Å². The number of hydrogen-bond acceptors (Lipinski definition) is 7. The summed E-state index contributed by atoms with van der Waals surface area (Å²) >= 11 is 0. The summed E-state index contributed by atoms with van der Waals surface area (Å²) in [6.07, 6.45) is 4.01. The molecule has 4 atom stereocenters. The van der Waals surface area contributed by atoms with Crippen LogP contribution in [0, 0.1) is 5.82 Å². The Morgan fingerprint density at radius 3 is 2.74 bits per heavy atom. The number of aromatic hydroxyl groups is 1. The highest BCUT2D eigenvalue weighted by Gasteiger charge is 2.56. The maximum absolute atomic E-state index is 15.0. The highest BCUT2D eigenvalue weighted by Crippen LogP contribution is 2.44. The van der Waals surface area contributed by atoms with Crippen LogP contribution in [0.4, 0.5) is 8.78 Å². The molecule has 5 rings (SSSR count). The van der Waals surface area contributed by atoms with Gasteiger partial charge < -0.3 is 15.2 Å². The Morgan fingerprint density at radius 2 is 2.06 bits per heavy atom. The molecule has 0 amide bonds. The van der Waals surface area contributed by atoms with Crippen molar-refractivity contribution >= 4 is 0 Å². The van der Waals surface area contributed by atoms with Gasteiger partial charge in [0.15, 0.2) is 12.0 Å². The highest BCUT2D eigenvalue weighted by molar-refractivity contribution is 5.67. The molecule has 2 aliphatic heterocycles. The maximum atomic E-state index is 15.0. The van der Waals surface area contributed by atoms with Crippen molar-refractivity contribution in [1.82, 2.24) is 30.3 Å². The number of aromatic nitrogens is 5. The van der Waals surface area contributed by atoms with Gasteiger partial charge in [0.2, 0.25) is 0 Å². The number of fused-ring (bicyclic) bond motifs is 2. The molecule has 4 heterocycles. The Bertz CT molecular complexity index is 1120. The molecule has 2 aromatic heterocycles. The van der Waals surface area contributed by atoms with Gasteiger partial charge in [0.05, 0.1) is 29.8 Å². The fourth-order valence-corrected chi connectivity index (χ4v) is 4.67. The van der Waals surface area contributed by atoms with Crippen LogP contribution in [0.2, 0.25) is 0 Å². The van der Waals surface area contributed by atoms with Crippen molar-refractivity contribution in [1.29, 1.82) is 0 Å². The summed E-state index contributed by atoms with van der Waals surface area (Å²) < 4.78 is 35.3. The SMILES string of the molecule is C[C@@]12CC[C@@](C)(N1)[C@@H](F)[C@@H](Oc1ncc(-c3ccc(-n4cc(F)cn4)cc3O)nn1)C2. The summed E-state index contributed by atoms with van der Waals surface area (Å²) in [6, 6.07) is 4.70. The Hall–Kier alpha value is -3.14. The molecule has 2 aliphatic rings. The van der Waals surface area contributed by atoms with Gasteiger partial charge >= 0.3 is 6.01 Å². The zero-order chi connectivity index (χ0) is 21.8. The number of halogens is 2. The molecule has 10 heteroatoms. The normalized spacial score (nSPS) is 29.8. The lowest BCUT2D eigenvalue weighted by Gasteiger charge is -2.43. The predicted octanol–water partition coefficient (Wildman–Crippen LogP) is 2.96. The molecule has 162 valence electrons. The van der Waals surface area contributed by atoms with Crippen LogP contribution in [0.3, 0.4) is 0 Å². The van der Waals surface area contributed by atoms with E-state index in [0.717, 1.165) is 19.0 Å². The second kappa shape index (κ2) is 6.94. The van der Waals surface area contributed by atoms with Crippen molar-refractivity contribution in [3.8, 4) is 28.7 Å². The average Bonchev–Trinajstić information content (AvgIpc) is 3.29. The van der Waals surface area contributed by atoms with Crippen LogP contribution in [-0.4, -0.2) is 53.4 Å². The van der Waals surface area contributed by atoms with Crippen LogP contribution >= 0.6 is 0 Å². The van der Waals surface area contributed by atoms with E-state index in [-0.39, 0.29) is 17.3 Å². The summed E-state index contributed by atoms with van der Waals surface area (Å²) in [5.41, 5.74) is 0.425. The second-order valence-electron chi connectivity index (χ2n) is 8.80. The Kier molecular flexibility index (Phi) is 4.44. The lowest BCUT2D eigenvalue weighted by Crippen LogP contribution is -2.63.